The zero-order chi connectivity index (χ0) is 20.5. The summed E-state index contributed by atoms with van der Waals surface area (Å²) in [4.78, 5) is 23.8. The lowest BCUT2D eigenvalue weighted by Gasteiger charge is -2.11. The number of carbonyl (C=O) groups is 2. The van der Waals surface area contributed by atoms with E-state index in [-0.39, 0.29) is 6.61 Å². The maximum absolute atomic E-state index is 12.1. The third-order valence-corrected chi connectivity index (χ3v) is 4.09. The highest BCUT2D eigenvalue weighted by Gasteiger charge is 2.10. The Bertz CT molecular complexity index is 1020. The number of carbonyl (C=O) groups excluding carboxylic acids is 2. The molecule has 0 atom stereocenters. The van der Waals surface area contributed by atoms with Gasteiger partial charge >= 0.3 is 5.97 Å². The van der Waals surface area contributed by atoms with E-state index >= 15 is 0 Å². The molecule has 6 heteroatoms. The Balaban J connectivity index is 1.61. The average molecular weight is 388 g/mol. The molecule has 0 bridgehead atoms. The topological polar surface area (TPSA) is 77.0 Å². The van der Waals surface area contributed by atoms with Crippen molar-refractivity contribution < 1.29 is 19.1 Å². The SMILES string of the molecule is COC(=O)c1ccccc1/C=N\NC(=O)COc1ccccc1-c1ccccc1. The van der Waals surface area contributed by atoms with E-state index in [1.807, 2.05) is 54.6 Å². The fourth-order valence-corrected chi connectivity index (χ4v) is 2.70. The first-order valence-corrected chi connectivity index (χ1v) is 8.95. The molecule has 29 heavy (non-hydrogen) atoms. The maximum atomic E-state index is 12.1. The second-order valence-electron chi connectivity index (χ2n) is 6.02. The standard InChI is InChI=1S/C23H20N2O4/c1-28-23(27)20-13-6-5-11-18(20)15-24-25-22(26)16-29-21-14-8-7-12-19(21)17-9-3-2-4-10-17/h2-15H,16H2,1H3,(H,25,26)/b24-15-. The molecule has 0 aliphatic rings. The zero-order valence-electron chi connectivity index (χ0n) is 15.9. The Morgan fingerprint density at radius 1 is 0.931 bits per heavy atom. The Morgan fingerprint density at radius 2 is 1.62 bits per heavy atom. The van der Waals surface area contributed by atoms with E-state index in [0.29, 0.717) is 16.9 Å². The molecule has 1 amide bonds. The monoisotopic (exact) mass is 388 g/mol. The summed E-state index contributed by atoms with van der Waals surface area (Å²) in [5.41, 5.74) is 5.20. The van der Waals surface area contributed by atoms with Gasteiger partial charge in [-0.2, -0.15) is 5.10 Å². The minimum atomic E-state index is -0.473. The predicted octanol–water partition coefficient (Wildman–Crippen LogP) is 3.67. The number of nitrogens with one attached hydrogen (secondary N) is 1. The lowest BCUT2D eigenvalue weighted by atomic mass is 10.1. The van der Waals surface area contributed by atoms with Crippen molar-refractivity contribution >= 4 is 18.1 Å². The number of methoxy groups -OCH3 is 1. The van der Waals surface area contributed by atoms with Gasteiger partial charge < -0.3 is 9.47 Å². The van der Waals surface area contributed by atoms with Crippen LogP contribution in [0.3, 0.4) is 0 Å². The highest BCUT2D eigenvalue weighted by molar-refractivity contribution is 5.99. The minimum Gasteiger partial charge on any atom is -0.483 e. The molecule has 6 nitrogen and oxygen atoms in total. The van der Waals surface area contributed by atoms with Gasteiger partial charge in [-0.15, -0.1) is 0 Å². The lowest BCUT2D eigenvalue weighted by molar-refractivity contribution is -0.123. The summed E-state index contributed by atoms with van der Waals surface area (Å²) in [6.07, 6.45) is 1.39. The van der Waals surface area contributed by atoms with Crippen LogP contribution in [0.15, 0.2) is 84.0 Å². The second-order valence-corrected chi connectivity index (χ2v) is 6.02. The van der Waals surface area contributed by atoms with Crippen molar-refractivity contribution in [3.05, 3.63) is 90.0 Å². The fourth-order valence-electron chi connectivity index (χ4n) is 2.70. The average Bonchev–Trinajstić information content (AvgIpc) is 2.78. The van der Waals surface area contributed by atoms with Gasteiger partial charge in [-0.05, 0) is 17.7 Å². The first-order valence-electron chi connectivity index (χ1n) is 8.95. The molecule has 0 aromatic heterocycles. The first kappa shape index (κ1) is 19.8. The summed E-state index contributed by atoms with van der Waals surface area (Å²) >= 11 is 0. The quantitative estimate of drug-likeness (QED) is 0.381. The number of hydrazone groups is 1. The molecule has 3 aromatic carbocycles. The van der Waals surface area contributed by atoms with Crippen molar-refractivity contribution in [1.29, 1.82) is 0 Å². The van der Waals surface area contributed by atoms with Crippen LogP contribution in [-0.4, -0.2) is 31.8 Å². The summed E-state index contributed by atoms with van der Waals surface area (Å²) in [5, 5.41) is 3.90. The van der Waals surface area contributed by atoms with E-state index in [0.717, 1.165) is 11.1 Å². The molecule has 0 heterocycles. The number of benzene rings is 3. The lowest BCUT2D eigenvalue weighted by Crippen LogP contribution is -2.24. The minimum absolute atomic E-state index is 0.195. The highest BCUT2D eigenvalue weighted by Crippen LogP contribution is 2.29. The van der Waals surface area contributed by atoms with Gasteiger partial charge in [0.1, 0.15) is 5.75 Å². The number of nitrogens with zero attached hydrogens (tertiary/aromatic N) is 1. The maximum Gasteiger partial charge on any atom is 0.338 e. The van der Waals surface area contributed by atoms with Crippen molar-refractivity contribution in [2.75, 3.05) is 13.7 Å². The molecular formula is C23H20N2O4. The first-order chi connectivity index (χ1) is 14.2. The summed E-state index contributed by atoms with van der Waals surface area (Å²) in [6.45, 7) is -0.195. The summed E-state index contributed by atoms with van der Waals surface area (Å²) in [7, 11) is 1.31. The van der Waals surface area contributed by atoms with E-state index < -0.39 is 11.9 Å². The Kier molecular flexibility index (Phi) is 6.73. The number of esters is 1. The van der Waals surface area contributed by atoms with Crippen LogP contribution < -0.4 is 10.2 Å². The molecule has 0 radical (unpaired) electrons. The molecule has 0 saturated heterocycles. The number of hydrogen-bond donors (Lipinski definition) is 1. The molecule has 0 saturated carbocycles. The van der Waals surface area contributed by atoms with Gasteiger partial charge in [-0.25, -0.2) is 10.2 Å². The van der Waals surface area contributed by atoms with Crippen molar-refractivity contribution in [2.45, 2.75) is 0 Å². The van der Waals surface area contributed by atoms with Crippen LogP contribution in [0.5, 0.6) is 5.75 Å². The fraction of sp³-hybridized carbons (Fsp3) is 0.0870. The van der Waals surface area contributed by atoms with Crippen LogP contribution in [-0.2, 0) is 9.53 Å². The van der Waals surface area contributed by atoms with Gasteiger partial charge in [-0.3, -0.25) is 4.79 Å². The summed E-state index contributed by atoms with van der Waals surface area (Å²) in [5.74, 6) is -0.284. The smallest absolute Gasteiger partial charge is 0.338 e. The van der Waals surface area contributed by atoms with Crippen molar-refractivity contribution in [1.82, 2.24) is 5.43 Å². The van der Waals surface area contributed by atoms with E-state index in [9.17, 15) is 9.59 Å². The number of rotatable bonds is 7. The van der Waals surface area contributed by atoms with Gasteiger partial charge in [0.15, 0.2) is 6.61 Å². The third kappa shape index (κ3) is 5.29. The number of para-hydroxylation sites is 1. The third-order valence-electron chi connectivity index (χ3n) is 4.09. The Morgan fingerprint density at radius 3 is 2.41 bits per heavy atom. The largest absolute Gasteiger partial charge is 0.483 e. The number of ether oxygens (including phenoxy) is 2. The van der Waals surface area contributed by atoms with E-state index in [2.05, 4.69) is 10.5 Å². The van der Waals surface area contributed by atoms with Crippen molar-refractivity contribution in [3.8, 4) is 16.9 Å². The number of hydrogen-bond acceptors (Lipinski definition) is 5. The molecule has 1 N–H and O–H groups in total. The Hall–Kier alpha value is -3.93. The van der Waals surface area contributed by atoms with Crippen molar-refractivity contribution in [3.63, 3.8) is 0 Å². The van der Waals surface area contributed by atoms with Crippen LogP contribution in [0.2, 0.25) is 0 Å². The van der Waals surface area contributed by atoms with Gasteiger partial charge in [0.05, 0.1) is 18.9 Å². The van der Waals surface area contributed by atoms with E-state index in [1.54, 1.807) is 24.3 Å². The highest BCUT2D eigenvalue weighted by atomic mass is 16.5. The summed E-state index contributed by atoms with van der Waals surface area (Å²) in [6, 6.07) is 24.1. The normalized spacial score (nSPS) is 10.5. The molecule has 0 aliphatic heterocycles. The molecule has 146 valence electrons. The van der Waals surface area contributed by atoms with Crippen LogP contribution in [0.25, 0.3) is 11.1 Å². The Labute approximate surface area is 168 Å². The second kappa shape index (κ2) is 9.85. The van der Waals surface area contributed by atoms with Gasteiger partial charge in [0, 0.05) is 11.1 Å². The molecule has 3 rings (SSSR count). The molecule has 0 aliphatic carbocycles. The van der Waals surface area contributed by atoms with Crippen LogP contribution in [0.4, 0.5) is 0 Å². The molecular weight excluding hydrogens is 368 g/mol. The van der Waals surface area contributed by atoms with Gasteiger partial charge in [-0.1, -0.05) is 66.7 Å². The van der Waals surface area contributed by atoms with E-state index in [1.165, 1.54) is 13.3 Å². The van der Waals surface area contributed by atoms with Crippen molar-refractivity contribution in [2.24, 2.45) is 5.10 Å². The predicted molar refractivity (Wildman–Crippen MR) is 111 cm³/mol. The van der Waals surface area contributed by atoms with Gasteiger partial charge in [0.25, 0.3) is 5.91 Å². The molecule has 0 fully saturated rings. The zero-order valence-corrected chi connectivity index (χ0v) is 15.9. The summed E-state index contributed by atoms with van der Waals surface area (Å²) < 4.78 is 10.4. The van der Waals surface area contributed by atoms with E-state index in [4.69, 9.17) is 9.47 Å². The van der Waals surface area contributed by atoms with Crippen LogP contribution in [0.1, 0.15) is 15.9 Å². The molecule has 0 unspecified atom stereocenters. The van der Waals surface area contributed by atoms with Crippen LogP contribution >= 0.6 is 0 Å². The van der Waals surface area contributed by atoms with Crippen LogP contribution in [0, 0.1) is 0 Å². The van der Waals surface area contributed by atoms with Gasteiger partial charge in [0.2, 0.25) is 0 Å². The molecule has 3 aromatic rings. The molecule has 0 spiro atoms. The number of amides is 1.